The fraction of sp³-hybridized carbons (Fsp3) is 0.590. The topological polar surface area (TPSA) is 109 Å². The molecule has 2 fully saturated rings. The van der Waals surface area contributed by atoms with Gasteiger partial charge in [-0.2, -0.15) is 0 Å². The molecule has 2 bridgehead atoms. The van der Waals surface area contributed by atoms with E-state index in [1.165, 1.54) is 16.7 Å². The van der Waals surface area contributed by atoms with Crippen LogP contribution in [0.3, 0.4) is 0 Å². The van der Waals surface area contributed by atoms with Gasteiger partial charge < -0.3 is 19.7 Å². The van der Waals surface area contributed by atoms with Crippen LogP contribution in [0.2, 0.25) is 0 Å². The van der Waals surface area contributed by atoms with E-state index in [-0.39, 0.29) is 29.2 Å². The number of nitrogens with zero attached hydrogens (tertiary/aromatic N) is 2. The maximum Gasteiger partial charge on any atom is 0.327 e. The van der Waals surface area contributed by atoms with Crippen molar-refractivity contribution in [1.29, 1.82) is 0 Å². The third-order valence-electron chi connectivity index (χ3n) is 11.7. The molecule has 1 spiro atoms. The van der Waals surface area contributed by atoms with Crippen LogP contribution in [0.1, 0.15) is 85.8 Å². The van der Waals surface area contributed by atoms with Gasteiger partial charge in [0.2, 0.25) is 0 Å². The summed E-state index contributed by atoms with van der Waals surface area (Å²) in [6, 6.07) is 11.8. The lowest BCUT2D eigenvalue weighted by atomic mass is 9.68. The number of hydrogen-bond acceptors (Lipinski definition) is 6. The number of methoxy groups -OCH3 is 1. The second kappa shape index (κ2) is 13.7. The van der Waals surface area contributed by atoms with Gasteiger partial charge in [0.05, 0.1) is 24.2 Å². The van der Waals surface area contributed by atoms with Gasteiger partial charge in [0.1, 0.15) is 15.7 Å². The number of hydrogen-bond donors (Lipinski definition) is 2. The lowest BCUT2D eigenvalue weighted by molar-refractivity contribution is 0.0131. The zero-order chi connectivity index (χ0) is 34.3. The second-order valence-corrected chi connectivity index (χ2v) is 17.4. The Balaban J connectivity index is 1.27. The van der Waals surface area contributed by atoms with Crippen LogP contribution < -0.4 is 19.7 Å². The highest BCUT2D eigenvalue weighted by atomic mass is 32.2. The summed E-state index contributed by atoms with van der Waals surface area (Å²) in [6.07, 6.45) is 12.2. The van der Waals surface area contributed by atoms with Crippen molar-refractivity contribution in [2.75, 3.05) is 37.5 Å². The Kier molecular flexibility index (Phi) is 9.56. The van der Waals surface area contributed by atoms with Crippen molar-refractivity contribution in [3.8, 4) is 5.75 Å². The average Bonchev–Trinajstić information content (AvgIpc) is 3.83. The van der Waals surface area contributed by atoms with Gasteiger partial charge in [-0.3, -0.25) is 9.52 Å². The number of amides is 3. The molecule has 2 saturated carbocycles. The summed E-state index contributed by atoms with van der Waals surface area (Å²) in [5.74, 6) is 1.34. The van der Waals surface area contributed by atoms with Gasteiger partial charge in [-0.05, 0) is 105 Å². The Morgan fingerprint density at radius 3 is 2.82 bits per heavy atom. The number of anilines is 1. The fourth-order valence-electron chi connectivity index (χ4n) is 8.75. The van der Waals surface area contributed by atoms with Gasteiger partial charge >= 0.3 is 6.03 Å². The van der Waals surface area contributed by atoms with Gasteiger partial charge in [-0.15, -0.1) is 4.36 Å². The standard InChI is InChI=1S/C39H52N4O5S/c1-5-27-19-33(27)40-38(45)42-49(46)22-26(3)8-6-10-35(47-4)31-14-12-30(31)21-43-23-39(17-7-9-28-18-25(2)11-15-32(28)39)24-48-36-16-13-29(20-34(36)43)37(44)41-49/h6,10-11,13,15-16,18,20,26-27,30-31,33,35H,5,7-9,12,14,17,19,21-24H2,1-4H3,(H2,40,41,42,44,45,46)/b10-6+/t26-,27+,30-,31+,33?,35-,39-,49?/m0/s1. The normalized spacial score (nSPS) is 34.6. The van der Waals surface area contributed by atoms with Crippen LogP contribution in [0.5, 0.6) is 5.75 Å². The van der Waals surface area contributed by atoms with Crippen molar-refractivity contribution in [2.24, 2.45) is 28.0 Å². The van der Waals surface area contributed by atoms with Gasteiger partial charge in [0.15, 0.2) is 0 Å². The van der Waals surface area contributed by atoms with E-state index < -0.39 is 21.9 Å². The molecule has 5 aliphatic rings. The van der Waals surface area contributed by atoms with Crippen LogP contribution in [0.15, 0.2) is 52.9 Å². The molecular weight excluding hydrogens is 637 g/mol. The first kappa shape index (κ1) is 34.1. The van der Waals surface area contributed by atoms with Crippen molar-refractivity contribution in [2.45, 2.75) is 89.7 Å². The van der Waals surface area contributed by atoms with Crippen molar-refractivity contribution >= 4 is 27.5 Å². The lowest BCUT2D eigenvalue weighted by Gasteiger charge is -2.46. The van der Waals surface area contributed by atoms with Crippen LogP contribution in [0.25, 0.3) is 0 Å². The van der Waals surface area contributed by atoms with Gasteiger partial charge in [-0.25, -0.2) is 9.00 Å². The highest BCUT2D eigenvalue weighted by Crippen LogP contribution is 2.47. The van der Waals surface area contributed by atoms with Crippen molar-refractivity contribution in [1.82, 2.24) is 10.0 Å². The minimum absolute atomic E-state index is 0.0233. The molecule has 10 heteroatoms. The van der Waals surface area contributed by atoms with Crippen LogP contribution >= 0.6 is 0 Å². The van der Waals surface area contributed by atoms with Crippen molar-refractivity contribution in [3.63, 3.8) is 0 Å². The monoisotopic (exact) mass is 688 g/mol. The number of urea groups is 1. The number of benzene rings is 2. The Labute approximate surface area is 291 Å². The summed E-state index contributed by atoms with van der Waals surface area (Å²) in [5, 5.41) is 2.93. The molecule has 2 aromatic carbocycles. The van der Waals surface area contributed by atoms with E-state index in [0.29, 0.717) is 36.3 Å². The molecule has 2 unspecified atom stereocenters. The van der Waals surface area contributed by atoms with Crippen molar-refractivity contribution in [3.05, 3.63) is 70.8 Å². The molecule has 3 aliphatic carbocycles. The quantitative estimate of drug-likeness (QED) is 0.345. The molecule has 7 rings (SSSR count). The van der Waals surface area contributed by atoms with Gasteiger partial charge in [-0.1, -0.05) is 56.2 Å². The maximum atomic E-state index is 14.4. The number of rotatable bonds is 4. The molecule has 3 amide bonds. The molecule has 8 atom stereocenters. The summed E-state index contributed by atoms with van der Waals surface area (Å²) in [5.41, 5.74) is 5.07. The van der Waals surface area contributed by atoms with E-state index in [9.17, 15) is 13.8 Å². The Morgan fingerprint density at radius 1 is 1.20 bits per heavy atom. The van der Waals surface area contributed by atoms with Crippen LogP contribution in [0, 0.1) is 30.6 Å². The number of allylic oxidation sites excluding steroid dienone is 1. The van der Waals surface area contributed by atoms with E-state index in [0.717, 1.165) is 69.5 Å². The molecule has 9 nitrogen and oxygen atoms in total. The molecule has 49 heavy (non-hydrogen) atoms. The van der Waals surface area contributed by atoms with Gasteiger partial charge in [0.25, 0.3) is 5.91 Å². The Morgan fingerprint density at radius 2 is 2.06 bits per heavy atom. The minimum atomic E-state index is -3.43. The lowest BCUT2D eigenvalue weighted by Crippen LogP contribution is -2.49. The molecule has 0 aromatic heterocycles. The highest BCUT2D eigenvalue weighted by Gasteiger charge is 2.44. The molecule has 2 N–H and O–H groups in total. The predicted molar refractivity (Wildman–Crippen MR) is 193 cm³/mol. The summed E-state index contributed by atoms with van der Waals surface area (Å²) in [4.78, 5) is 29.4. The van der Waals surface area contributed by atoms with E-state index in [1.807, 2.05) is 19.1 Å². The first-order valence-electron chi connectivity index (χ1n) is 18.3. The van der Waals surface area contributed by atoms with E-state index >= 15 is 0 Å². The summed E-state index contributed by atoms with van der Waals surface area (Å²) < 4.78 is 34.0. The molecule has 2 aromatic rings. The van der Waals surface area contributed by atoms with E-state index in [1.54, 1.807) is 13.2 Å². The molecule has 0 radical (unpaired) electrons. The number of carbonyl (C=O) groups excluding carboxylic acids is 2. The third-order valence-corrected chi connectivity index (χ3v) is 13.7. The summed E-state index contributed by atoms with van der Waals surface area (Å²) >= 11 is 0. The van der Waals surface area contributed by atoms with Crippen LogP contribution in [0.4, 0.5) is 10.5 Å². The molecule has 0 saturated heterocycles. The average molecular weight is 689 g/mol. The molecule has 2 aliphatic heterocycles. The Bertz CT molecular complexity index is 1750. The third kappa shape index (κ3) is 7.13. The number of ether oxygens (including phenoxy) is 2. The number of carbonyl (C=O) groups is 2. The largest absolute Gasteiger partial charge is 0.490 e. The smallest absolute Gasteiger partial charge is 0.327 e. The molecular formula is C39H52N4O5S. The molecule has 264 valence electrons. The number of aryl methyl sites for hydroxylation is 2. The zero-order valence-electron chi connectivity index (χ0n) is 29.4. The van der Waals surface area contributed by atoms with Crippen molar-refractivity contribution < 1.29 is 23.3 Å². The summed E-state index contributed by atoms with van der Waals surface area (Å²) in [6.45, 7) is 8.39. The number of nitrogens with one attached hydrogen (secondary N) is 2. The zero-order valence-corrected chi connectivity index (χ0v) is 30.2. The SMILES string of the molecule is CC[C@@H]1CC1NC(=O)NS1(=O)=NC(=O)c2ccc3c(c2)N(C[C@@H]2CC[C@H]2[C@@H](OC)/C=C/C[C@H](C)C1)C[C@@]1(CCCc2cc(C)ccc21)CO3. The number of fused-ring (bicyclic) bond motifs is 4. The minimum Gasteiger partial charge on any atom is -0.490 e. The fourth-order valence-corrected chi connectivity index (χ4v) is 10.6. The second-order valence-electron chi connectivity index (χ2n) is 15.4. The first-order chi connectivity index (χ1) is 23.6. The predicted octanol–water partition coefficient (Wildman–Crippen LogP) is 6.73. The Hall–Kier alpha value is -3.37. The summed E-state index contributed by atoms with van der Waals surface area (Å²) in [7, 11) is -1.65. The van der Waals surface area contributed by atoms with E-state index in [2.05, 4.69) is 63.5 Å². The first-order valence-corrected chi connectivity index (χ1v) is 20.0. The van der Waals surface area contributed by atoms with Crippen LogP contribution in [-0.2, 0) is 26.5 Å². The van der Waals surface area contributed by atoms with E-state index in [4.69, 9.17) is 9.47 Å². The highest BCUT2D eigenvalue weighted by molar-refractivity contribution is 7.92. The van der Waals surface area contributed by atoms with Crippen LogP contribution in [-0.4, -0.2) is 60.9 Å². The van der Waals surface area contributed by atoms with Gasteiger partial charge in [0, 0.05) is 37.2 Å². The molecule has 2 heterocycles. The maximum absolute atomic E-state index is 14.4.